The monoisotopic (exact) mass is 600 g/mol. The molecule has 5 aliphatic rings. The van der Waals surface area contributed by atoms with E-state index in [0.717, 1.165) is 68.8 Å². The Kier molecular flexibility index (Phi) is 7.87. The highest BCUT2D eigenvalue weighted by molar-refractivity contribution is 5.91. The second-order valence-electron chi connectivity index (χ2n) is 13.0. The van der Waals surface area contributed by atoms with E-state index in [1.807, 2.05) is 12.4 Å². The van der Waals surface area contributed by atoms with Crippen LogP contribution in [0.1, 0.15) is 67.3 Å². The number of anilines is 2. The molecule has 0 aromatic carbocycles. The Morgan fingerprint density at radius 2 is 1.84 bits per heavy atom. The van der Waals surface area contributed by atoms with Crippen LogP contribution in [0.2, 0.25) is 0 Å². The first-order valence-corrected chi connectivity index (χ1v) is 16.2. The minimum absolute atomic E-state index is 0.0683. The summed E-state index contributed by atoms with van der Waals surface area (Å²) in [5.41, 5.74) is 6.07. The van der Waals surface area contributed by atoms with Gasteiger partial charge in [0, 0.05) is 37.9 Å². The Morgan fingerprint density at radius 1 is 1.02 bits per heavy atom. The van der Waals surface area contributed by atoms with Crippen molar-refractivity contribution in [1.29, 1.82) is 5.26 Å². The molecule has 0 unspecified atom stereocenters. The lowest BCUT2D eigenvalue weighted by Crippen LogP contribution is -2.55. The molecule has 0 bridgehead atoms. The first-order valence-electron chi connectivity index (χ1n) is 16.2. The normalized spacial score (nSPS) is 22.6. The minimum atomic E-state index is -0.999. The third-order valence-corrected chi connectivity index (χ3v) is 10.5. The number of piperazine rings is 1. The van der Waals surface area contributed by atoms with Crippen LogP contribution in [0.5, 0.6) is 6.01 Å². The Hall–Kier alpha value is -3.78. The average molecular weight is 601 g/mol. The molecule has 10 nitrogen and oxygen atoms in total. The van der Waals surface area contributed by atoms with Gasteiger partial charge in [-0.1, -0.05) is 6.58 Å². The summed E-state index contributed by atoms with van der Waals surface area (Å²) in [7, 11) is 0. The van der Waals surface area contributed by atoms with E-state index in [1.165, 1.54) is 47.4 Å². The second kappa shape index (κ2) is 12.0. The maximum absolute atomic E-state index is 13.8. The average Bonchev–Trinajstić information content (AvgIpc) is 3.63. The summed E-state index contributed by atoms with van der Waals surface area (Å²) < 4.78 is 20.3. The molecule has 2 aromatic rings. The number of hydrogen-bond acceptors (Lipinski definition) is 9. The smallest absolute Gasteiger partial charge is 0.318 e. The molecule has 6 heterocycles. The first kappa shape index (κ1) is 29.0. The van der Waals surface area contributed by atoms with E-state index in [1.54, 1.807) is 0 Å². The summed E-state index contributed by atoms with van der Waals surface area (Å²) in [4.78, 5) is 35.7. The van der Waals surface area contributed by atoms with E-state index in [0.29, 0.717) is 32.3 Å². The van der Waals surface area contributed by atoms with Gasteiger partial charge >= 0.3 is 6.01 Å². The van der Waals surface area contributed by atoms with Crippen LogP contribution in [0.4, 0.5) is 15.9 Å². The van der Waals surface area contributed by atoms with Crippen LogP contribution in [-0.4, -0.2) is 88.1 Å². The summed E-state index contributed by atoms with van der Waals surface area (Å²) in [6, 6.07) is 2.10. The number of aryl methyl sites for hydroxylation is 1. The SMILES string of the molecule is C=C(F)C(=O)N1CCN(c2nc(OCC34CCCN3CCC4)nc3c2CCN(c2cncc4c2CCCC4)C3)C[C@@H]1CC#N. The Bertz CT molecular complexity index is 1480. The van der Waals surface area contributed by atoms with Gasteiger partial charge in [-0.05, 0) is 82.0 Å². The van der Waals surface area contributed by atoms with Crippen LogP contribution in [0.25, 0.3) is 0 Å². The highest BCUT2D eigenvalue weighted by Gasteiger charge is 2.45. The Labute approximate surface area is 258 Å². The van der Waals surface area contributed by atoms with Crippen molar-refractivity contribution in [3.8, 4) is 12.1 Å². The van der Waals surface area contributed by atoms with Gasteiger partial charge in [0.15, 0.2) is 5.83 Å². The fourth-order valence-electron chi connectivity index (χ4n) is 8.24. The Morgan fingerprint density at radius 3 is 2.64 bits per heavy atom. The van der Waals surface area contributed by atoms with Gasteiger partial charge in [0.05, 0.1) is 48.2 Å². The number of carbonyl (C=O) groups excluding carboxylic acids is 1. The molecule has 1 aliphatic carbocycles. The summed E-state index contributed by atoms with van der Waals surface area (Å²) >= 11 is 0. The Balaban J connectivity index is 1.20. The molecule has 0 radical (unpaired) electrons. The lowest BCUT2D eigenvalue weighted by Gasteiger charge is -2.42. The van der Waals surface area contributed by atoms with Gasteiger partial charge in [0.25, 0.3) is 5.91 Å². The largest absolute Gasteiger partial charge is 0.461 e. The number of pyridine rings is 1. The van der Waals surface area contributed by atoms with E-state index in [-0.39, 0.29) is 18.5 Å². The maximum atomic E-state index is 13.8. The van der Waals surface area contributed by atoms with Gasteiger partial charge in [-0.2, -0.15) is 15.2 Å². The molecular weight excluding hydrogens is 559 g/mol. The molecule has 0 N–H and O–H groups in total. The molecule has 4 aliphatic heterocycles. The second-order valence-corrected chi connectivity index (χ2v) is 13.0. The summed E-state index contributed by atoms with van der Waals surface area (Å²) in [5.74, 6) is -0.938. The van der Waals surface area contributed by atoms with Crippen LogP contribution in [0.3, 0.4) is 0 Å². The molecule has 44 heavy (non-hydrogen) atoms. The number of aromatic nitrogens is 3. The molecule has 0 saturated carbocycles. The number of halogens is 1. The van der Waals surface area contributed by atoms with Crippen LogP contribution in [0.15, 0.2) is 24.8 Å². The van der Waals surface area contributed by atoms with Gasteiger partial charge in [-0.15, -0.1) is 0 Å². The topological polar surface area (TPSA) is 102 Å². The van der Waals surface area contributed by atoms with E-state index in [2.05, 4.69) is 32.3 Å². The van der Waals surface area contributed by atoms with Gasteiger partial charge in [0.1, 0.15) is 12.4 Å². The fraction of sp³-hybridized carbons (Fsp3) is 0.606. The third kappa shape index (κ3) is 5.27. The predicted octanol–water partition coefficient (Wildman–Crippen LogP) is 3.73. The lowest BCUT2D eigenvalue weighted by molar-refractivity contribution is -0.131. The number of ether oxygens (including phenoxy) is 1. The zero-order chi connectivity index (χ0) is 30.3. The molecule has 2 aromatic heterocycles. The molecule has 3 fully saturated rings. The van der Waals surface area contributed by atoms with Crippen molar-refractivity contribution < 1.29 is 13.9 Å². The third-order valence-electron chi connectivity index (χ3n) is 10.5. The predicted molar refractivity (Wildman–Crippen MR) is 164 cm³/mol. The van der Waals surface area contributed by atoms with Crippen LogP contribution >= 0.6 is 0 Å². The van der Waals surface area contributed by atoms with E-state index in [9.17, 15) is 14.4 Å². The van der Waals surface area contributed by atoms with Crippen molar-refractivity contribution >= 4 is 17.4 Å². The quantitative estimate of drug-likeness (QED) is 0.440. The van der Waals surface area contributed by atoms with E-state index in [4.69, 9.17) is 14.7 Å². The lowest BCUT2D eigenvalue weighted by atomic mass is 9.91. The molecule has 1 atom stereocenters. The molecule has 0 spiro atoms. The van der Waals surface area contributed by atoms with Crippen molar-refractivity contribution in [3.05, 3.63) is 47.2 Å². The molecule has 7 rings (SSSR count). The number of nitriles is 1. The minimum Gasteiger partial charge on any atom is -0.461 e. The van der Waals surface area contributed by atoms with E-state index >= 15 is 0 Å². The summed E-state index contributed by atoms with van der Waals surface area (Å²) in [6.07, 6.45) is 14.1. The van der Waals surface area contributed by atoms with Crippen molar-refractivity contribution in [2.45, 2.75) is 82.3 Å². The maximum Gasteiger partial charge on any atom is 0.318 e. The van der Waals surface area contributed by atoms with Gasteiger partial charge in [-0.25, -0.2) is 4.39 Å². The summed E-state index contributed by atoms with van der Waals surface area (Å²) in [5, 5.41) is 9.54. The van der Waals surface area contributed by atoms with Gasteiger partial charge in [0.2, 0.25) is 0 Å². The van der Waals surface area contributed by atoms with Crippen molar-refractivity contribution in [1.82, 2.24) is 24.8 Å². The number of fused-ring (bicyclic) bond motifs is 3. The van der Waals surface area contributed by atoms with Crippen molar-refractivity contribution in [2.75, 3.05) is 55.7 Å². The standard InChI is InChI=1S/C33H41FN8O2/c1-23(34)31(43)42-17-16-40(20-25(42)8-12-35)30-27-9-15-39(29-19-36-18-24-6-2-3-7-26(24)29)21-28(27)37-32(38-30)44-22-33-10-4-13-41(33)14-5-11-33/h18-19,25H,1-11,13-17,20-22H2/t25-/m0/s1. The van der Waals surface area contributed by atoms with Crippen LogP contribution < -0.4 is 14.5 Å². The fourth-order valence-corrected chi connectivity index (χ4v) is 8.24. The van der Waals surface area contributed by atoms with E-state index < -0.39 is 17.8 Å². The van der Waals surface area contributed by atoms with Crippen molar-refractivity contribution in [2.24, 2.45) is 0 Å². The molecular formula is C33H41FN8O2. The molecule has 1 amide bonds. The van der Waals surface area contributed by atoms with Gasteiger partial charge in [-0.3, -0.25) is 14.7 Å². The van der Waals surface area contributed by atoms with Crippen LogP contribution in [-0.2, 0) is 30.6 Å². The number of carbonyl (C=O) groups is 1. The highest BCUT2D eigenvalue weighted by Crippen LogP contribution is 2.40. The zero-order valence-electron chi connectivity index (χ0n) is 25.4. The van der Waals surface area contributed by atoms with Gasteiger partial charge < -0.3 is 19.4 Å². The molecule has 11 heteroatoms. The zero-order valence-corrected chi connectivity index (χ0v) is 25.4. The molecule has 232 valence electrons. The summed E-state index contributed by atoms with van der Waals surface area (Å²) in [6.45, 7) is 8.62. The molecule has 3 saturated heterocycles. The van der Waals surface area contributed by atoms with Crippen LogP contribution in [0, 0.1) is 11.3 Å². The number of rotatable bonds is 7. The van der Waals surface area contributed by atoms with Crippen molar-refractivity contribution in [3.63, 3.8) is 0 Å². The number of hydrogen-bond donors (Lipinski definition) is 0. The highest BCUT2D eigenvalue weighted by atomic mass is 19.1. The number of nitrogens with zero attached hydrogens (tertiary/aromatic N) is 8. The first-order chi connectivity index (χ1) is 21.5. The number of amides is 1.